The van der Waals surface area contributed by atoms with E-state index in [0.717, 1.165) is 22.3 Å². The van der Waals surface area contributed by atoms with Crippen LogP contribution in [0.1, 0.15) is 22.3 Å². The molecule has 0 bridgehead atoms. The van der Waals surface area contributed by atoms with E-state index in [0.29, 0.717) is 12.2 Å². The molecular formula is C14H15FN2. The Labute approximate surface area is 100 Å². The lowest BCUT2D eigenvalue weighted by molar-refractivity contribution is 0.626. The number of aromatic nitrogens is 1. The first kappa shape index (κ1) is 11.6. The topological polar surface area (TPSA) is 38.9 Å². The second-order valence-corrected chi connectivity index (χ2v) is 4.30. The summed E-state index contributed by atoms with van der Waals surface area (Å²) in [5.41, 5.74) is 9.91. The Kier molecular flexibility index (Phi) is 3.09. The van der Waals surface area contributed by atoms with E-state index in [4.69, 9.17) is 5.73 Å². The summed E-state index contributed by atoms with van der Waals surface area (Å²) in [6, 6.07) is 6.83. The zero-order chi connectivity index (χ0) is 12.4. The molecule has 17 heavy (non-hydrogen) atoms. The highest BCUT2D eigenvalue weighted by molar-refractivity contribution is 5.45. The van der Waals surface area contributed by atoms with Gasteiger partial charge in [0.05, 0.1) is 0 Å². The molecule has 1 aromatic carbocycles. The molecule has 0 fully saturated rings. The summed E-state index contributed by atoms with van der Waals surface area (Å²) in [5.74, 6) is 0.334. The van der Waals surface area contributed by atoms with Gasteiger partial charge in [0, 0.05) is 12.6 Å². The van der Waals surface area contributed by atoms with Crippen molar-refractivity contribution in [3.63, 3.8) is 0 Å². The van der Waals surface area contributed by atoms with Crippen molar-refractivity contribution in [3.05, 3.63) is 58.5 Å². The number of nitrogens with zero attached hydrogens (tertiary/aromatic N) is 1. The number of aryl methyl sites for hydroxylation is 2. The van der Waals surface area contributed by atoms with Gasteiger partial charge in [-0.25, -0.2) is 9.37 Å². The Morgan fingerprint density at radius 1 is 1.18 bits per heavy atom. The molecule has 2 rings (SSSR count). The zero-order valence-corrected chi connectivity index (χ0v) is 10.00. The zero-order valence-electron chi connectivity index (χ0n) is 10.00. The van der Waals surface area contributed by atoms with Gasteiger partial charge in [0.15, 0.2) is 0 Å². The molecule has 2 N–H and O–H groups in total. The molecule has 0 aliphatic heterocycles. The number of hydrogen-bond acceptors (Lipinski definition) is 2. The summed E-state index contributed by atoms with van der Waals surface area (Å²) in [6.45, 7) is 3.88. The Bertz CT molecular complexity index is 550. The fraction of sp³-hybridized carbons (Fsp3) is 0.214. The molecule has 2 nitrogen and oxygen atoms in total. The van der Waals surface area contributed by atoms with Crippen LogP contribution in [0.15, 0.2) is 30.5 Å². The van der Waals surface area contributed by atoms with E-state index in [2.05, 4.69) is 4.98 Å². The Morgan fingerprint density at radius 2 is 1.94 bits per heavy atom. The van der Waals surface area contributed by atoms with Gasteiger partial charge in [-0.3, -0.25) is 0 Å². The molecule has 0 aliphatic carbocycles. The second-order valence-electron chi connectivity index (χ2n) is 4.30. The highest BCUT2D eigenvalue weighted by Gasteiger charge is 2.05. The summed E-state index contributed by atoms with van der Waals surface area (Å²) in [5, 5.41) is 0. The van der Waals surface area contributed by atoms with Crippen molar-refractivity contribution in [2.24, 2.45) is 0 Å². The highest BCUT2D eigenvalue weighted by Crippen LogP contribution is 2.18. The maximum absolute atomic E-state index is 13.0. The number of pyridine rings is 1. The third kappa shape index (κ3) is 2.61. The van der Waals surface area contributed by atoms with Crippen LogP contribution in [-0.4, -0.2) is 4.98 Å². The fourth-order valence-corrected chi connectivity index (χ4v) is 1.84. The molecule has 0 atom stereocenters. The average molecular weight is 230 g/mol. The van der Waals surface area contributed by atoms with E-state index in [1.54, 1.807) is 12.3 Å². The smallest absolute Gasteiger partial charge is 0.126 e. The first-order valence-electron chi connectivity index (χ1n) is 5.52. The number of nitrogen functional groups attached to an aromatic ring is 1. The van der Waals surface area contributed by atoms with Crippen LogP contribution in [0.25, 0.3) is 0 Å². The van der Waals surface area contributed by atoms with Crippen LogP contribution >= 0.6 is 0 Å². The molecule has 2 aromatic rings. The minimum atomic E-state index is -0.207. The quantitative estimate of drug-likeness (QED) is 0.861. The fourth-order valence-electron chi connectivity index (χ4n) is 1.84. The maximum Gasteiger partial charge on any atom is 0.126 e. The van der Waals surface area contributed by atoms with Crippen LogP contribution in [0.5, 0.6) is 0 Å². The van der Waals surface area contributed by atoms with Crippen LogP contribution in [0.4, 0.5) is 10.2 Å². The monoisotopic (exact) mass is 230 g/mol. The van der Waals surface area contributed by atoms with Crippen LogP contribution in [0, 0.1) is 19.7 Å². The predicted octanol–water partition coefficient (Wildman–Crippen LogP) is 3.01. The average Bonchev–Trinajstić information content (AvgIpc) is 2.27. The van der Waals surface area contributed by atoms with Crippen molar-refractivity contribution >= 4 is 5.82 Å². The van der Waals surface area contributed by atoms with Crippen LogP contribution < -0.4 is 5.73 Å². The van der Waals surface area contributed by atoms with Gasteiger partial charge in [-0.15, -0.1) is 0 Å². The Morgan fingerprint density at radius 3 is 2.65 bits per heavy atom. The molecule has 1 aromatic heterocycles. The number of benzene rings is 1. The molecule has 0 saturated carbocycles. The largest absolute Gasteiger partial charge is 0.383 e. The minimum absolute atomic E-state index is 0.207. The van der Waals surface area contributed by atoms with Gasteiger partial charge in [-0.2, -0.15) is 0 Å². The number of rotatable bonds is 2. The van der Waals surface area contributed by atoms with Gasteiger partial charge in [0.2, 0.25) is 0 Å². The molecule has 0 unspecified atom stereocenters. The Balaban J connectivity index is 2.34. The molecule has 3 heteroatoms. The van der Waals surface area contributed by atoms with Crippen molar-refractivity contribution < 1.29 is 4.39 Å². The lowest BCUT2D eigenvalue weighted by Gasteiger charge is -2.08. The van der Waals surface area contributed by atoms with Crippen molar-refractivity contribution in [2.45, 2.75) is 20.3 Å². The van der Waals surface area contributed by atoms with Gasteiger partial charge in [-0.05, 0) is 48.2 Å². The lowest BCUT2D eigenvalue weighted by Crippen LogP contribution is -2.00. The second kappa shape index (κ2) is 4.53. The van der Waals surface area contributed by atoms with Crippen LogP contribution in [0.2, 0.25) is 0 Å². The summed E-state index contributed by atoms with van der Waals surface area (Å²) in [6.07, 6.45) is 2.43. The number of hydrogen-bond donors (Lipinski definition) is 1. The molecule has 0 aliphatic rings. The van der Waals surface area contributed by atoms with Crippen LogP contribution in [0.3, 0.4) is 0 Å². The van der Waals surface area contributed by atoms with Crippen LogP contribution in [-0.2, 0) is 6.42 Å². The van der Waals surface area contributed by atoms with E-state index in [-0.39, 0.29) is 5.82 Å². The Hall–Kier alpha value is -1.90. The standard InChI is InChI=1S/C14H15FN2/c1-9-5-12(14(16)17-8-9)7-11-3-4-13(15)6-10(11)2/h3-6,8H,7H2,1-2H3,(H2,16,17). The molecule has 0 amide bonds. The summed E-state index contributed by atoms with van der Waals surface area (Å²) in [4.78, 5) is 4.13. The maximum atomic E-state index is 13.0. The minimum Gasteiger partial charge on any atom is -0.383 e. The van der Waals surface area contributed by atoms with E-state index >= 15 is 0 Å². The summed E-state index contributed by atoms with van der Waals surface area (Å²) in [7, 11) is 0. The lowest BCUT2D eigenvalue weighted by atomic mass is 10.0. The van der Waals surface area contributed by atoms with E-state index in [1.807, 2.05) is 19.9 Å². The van der Waals surface area contributed by atoms with Crippen molar-refractivity contribution in [1.29, 1.82) is 0 Å². The number of nitrogens with two attached hydrogens (primary N) is 1. The van der Waals surface area contributed by atoms with E-state index in [9.17, 15) is 4.39 Å². The first-order valence-corrected chi connectivity index (χ1v) is 5.52. The number of halogens is 1. The summed E-state index contributed by atoms with van der Waals surface area (Å²) < 4.78 is 13.0. The molecule has 88 valence electrons. The highest BCUT2D eigenvalue weighted by atomic mass is 19.1. The number of anilines is 1. The molecule has 0 radical (unpaired) electrons. The molecular weight excluding hydrogens is 215 g/mol. The first-order chi connectivity index (χ1) is 8.06. The normalized spacial score (nSPS) is 10.5. The van der Waals surface area contributed by atoms with E-state index < -0.39 is 0 Å². The third-order valence-corrected chi connectivity index (χ3v) is 2.82. The molecule has 0 spiro atoms. The van der Waals surface area contributed by atoms with Gasteiger partial charge in [0.25, 0.3) is 0 Å². The van der Waals surface area contributed by atoms with Crippen molar-refractivity contribution in [3.8, 4) is 0 Å². The van der Waals surface area contributed by atoms with Gasteiger partial charge in [0.1, 0.15) is 11.6 Å². The van der Waals surface area contributed by atoms with Gasteiger partial charge >= 0.3 is 0 Å². The van der Waals surface area contributed by atoms with Crippen molar-refractivity contribution in [2.75, 3.05) is 5.73 Å². The molecule has 0 saturated heterocycles. The molecule has 1 heterocycles. The van der Waals surface area contributed by atoms with Crippen molar-refractivity contribution in [1.82, 2.24) is 4.98 Å². The third-order valence-electron chi connectivity index (χ3n) is 2.82. The SMILES string of the molecule is Cc1cnc(N)c(Cc2ccc(F)cc2C)c1. The van der Waals surface area contributed by atoms with Gasteiger partial charge in [-0.1, -0.05) is 12.1 Å². The summed E-state index contributed by atoms with van der Waals surface area (Å²) >= 11 is 0. The van der Waals surface area contributed by atoms with Gasteiger partial charge < -0.3 is 5.73 Å². The van der Waals surface area contributed by atoms with E-state index in [1.165, 1.54) is 12.1 Å². The predicted molar refractivity (Wildman–Crippen MR) is 67.3 cm³/mol.